The summed E-state index contributed by atoms with van der Waals surface area (Å²) in [5, 5.41) is 42.6. The van der Waals surface area contributed by atoms with Gasteiger partial charge in [-0.15, -0.1) is 0 Å². The third kappa shape index (κ3) is 10.4. The van der Waals surface area contributed by atoms with Crippen molar-refractivity contribution in [2.24, 2.45) is 10.8 Å². The van der Waals surface area contributed by atoms with E-state index in [0.29, 0.717) is 6.42 Å². The molecule has 1 fully saturated rings. The molecule has 4 atom stereocenters. The third-order valence-corrected chi connectivity index (χ3v) is 9.07. The molecule has 0 aromatic carbocycles. The van der Waals surface area contributed by atoms with Gasteiger partial charge in [0.1, 0.15) is 5.60 Å². The lowest BCUT2D eigenvalue weighted by Gasteiger charge is -2.54. The molecule has 2 aliphatic rings. The predicted molar refractivity (Wildman–Crippen MR) is 187 cm³/mol. The molecule has 4 heteroatoms. The molecule has 0 unspecified atom stereocenters. The molecule has 0 aromatic rings. The zero-order chi connectivity index (χ0) is 33.3. The van der Waals surface area contributed by atoms with Crippen molar-refractivity contribution in [2.45, 2.75) is 118 Å². The highest BCUT2D eigenvalue weighted by atomic mass is 16.4. The van der Waals surface area contributed by atoms with Crippen LogP contribution in [-0.4, -0.2) is 43.8 Å². The Balaban J connectivity index is 1.94. The van der Waals surface area contributed by atoms with Gasteiger partial charge < -0.3 is 20.4 Å². The van der Waals surface area contributed by atoms with Gasteiger partial charge in [-0.2, -0.15) is 0 Å². The maximum absolute atomic E-state index is 11.4. The van der Waals surface area contributed by atoms with Crippen molar-refractivity contribution in [3.8, 4) is 0 Å². The molecule has 0 bridgehead atoms. The van der Waals surface area contributed by atoms with E-state index in [9.17, 15) is 20.4 Å². The summed E-state index contributed by atoms with van der Waals surface area (Å²) in [5.41, 5.74) is 3.44. The van der Waals surface area contributed by atoms with E-state index in [1.54, 1.807) is 13.0 Å². The van der Waals surface area contributed by atoms with Crippen LogP contribution in [0.25, 0.3) is 0 Å². The quantitative estimate of drug-likeness (QED) is 0.189. The van der Waals surface area contributed by atoms with E-state index < -0.39 is 22.7 Å². The number of rotatable bonds is 10. The average Bonchev–Trinajstić information content (AvgIpc) is 2.87. The molecule has 0 spiro atoms. The summed E-state index contributed by atoms with van der Waals surface area (Å²) in [4.78, 5) is 0. The Morgan fingerprint density at radius 1 is 0.636 bits per heavy atom. The summed E-state index contributed by atoms with van der Waals surface area (Å²) >= 11 is 0. The highest BCUT2D eigenvalue weighted by Gasteiger charge is 2.58. The van der Waals surface area contributed by atoms with Crippen molar-refractivity contribution >= 4 is 0 Å². The van der Waals surface area contributed by atoms with Crippen LogP contribution in [0.15, 0.2) is 119 Å². The molecule has 44 heavy (non-hydrogen) atoms. The highest BCUT2D eigenvalue weighted by Crippen LogP contribution is 2.50. The van der Waals surface area contributed by atoms with Gasteiger partial charge in [-0.05, 0) is 77.9 Å². The number of hydrogen-bond acceptors (Lipinski definition) is 4. The van der Waals surface area contributed by atoms with Crippen molar-refractivity contribution in [3.63, 3.8) is 0 Å². The van der Waals surface area contributed by atoms with E-state index in [1.807, 2.05) is 64.2 Å². The van der Waals surface area contributed by atoms with Crippen LogP contribution in [0, 0.1) is 10.8 Å². The maximum Gasteiger partial charge on any atom is 0.117 e. The summed E-state index contributed by atoms with van der Waals surface area (Å²) in [6, 6.07) is 0. The first-order chi connectivity index (χ1) is 20.3. The first-order valence-corrected chi connectivity index (χ1v) is 15.9. The Morgan fingerprint density at radius 3 is 1.61 bits per heavy atom. The molecule has 1 saturated carbocycles. The molecule has 2 aliphatic carbocycles. The van der Waals surface area contributed by atoms with Crippen molar-refractivity contribution in [1.29, 1.82) is 0 Å². The lowest BCUT2D eigenvalue weighted by molar-refractivity contribution is -0.216. The van der Waals surface area contributed by atoms with Crippen LogP contribution in [0.5, 0.6) is 0 Å². The van der Waals surface area contributed by atoms with Crippen molar-refractivity contribution < 1.29 is 20.4 Å². The van der Waals surface area contributed by atoms with Crippen LogP contribution in [-0.2, 0) is 0 Å². The van der Waals surface area contributed by atoms with Gasteiger partial charge in [0.15, 0.2) is 0 Å². The minimum absolute atomic E-state index is 0.0115. The summed E-state index contributed by atoms with van der Waals surface area (Å²) in [5.74, 6) is 0. The standard InChI is InChI=1S/C40H58O4/c1-29(17-13-19-31(3)21-22-36-33(5)25-34(41)26-37(36,6)7)15-11-12-16-30(2)18-14-20-32(4)23-24-40(44)38(8,9)27-35(42)28-39(40,10)43/h11-24,34-35,41-44H,25-28H2,1-10H3/b12-11+,17-13+,18-14+,22-21+,24-23+,29-15+,30-16+,31-19+,32-20-/t34-,35+,39+,40+/m1/s1. The molecule has 242 valence electrons. The monoisotopic (exact) mass is 602 g/mol. The normalized spacial score (nSPS) is 31.1. The van der Waals surface area contributed by atoms with E-state index >= 15 is 0 Å². The van der Waals surface area contributed by atoms with Crippen LogP contribution in [0.3, 0.4) is 0 Å². The van der Waals surface area contributed by atoms with E-state index in [1.165, 1.54) is 16.7 Å². The zero-order valence-electron chi connectivity index (χ0n) is 28.9. The van der Waals surface area contributed by atoms with Crippen LogP contribution >= 0.6 is 0 Å². The smallest absolute Gasteiger partial charge is 0.117 e. The summed E-state index contributed by atoms with van der Waals surface area (Å²) in [6.45, 7) is 20.1. The van der Waals surface area contributed by atoms with E-state index in [4.69, 9.17) is 0 Å². The first kappa shape index (κ1) is 37.4. The van der Waals surface area contributed by atoms with Crippen LogP contribution in [0.1, 0.15) is 94.9 Å². The summed E-state index contributed by atoms with van der Waals surface area (Å²) < 4.78 is 0. The lowest BCUT2D eigenvalue weighted by atomic mass is 9.57. The Morgan fingerprint density at radius 2 is 1.11 bits per heavy atom. The summed E-state index contributed by atoms with van der Waals surface area (Å²) in [7, 11) is 0. The van der Waals surface area contributed by atoms with Gasteiger partial charge in [-0.25, -0.2) is 0 Å². The SMILES string of the molecule is CC1=C(/C=C/C(C)=C/C=C/C(C)=C/C=C/C=C(C)/C=C/C=C(C)\C=C\[C@]2(O)C(C)(C)C[C@H](O)C[C@]2(C)O)C(C)(C)C[C@H](O)C1. The van der Waals surface area contributed by atoms with E-state index in [0.717, 1.165) is 29.6 Å². The van der Waals surface area contributed by atoms with Crippen LogP contribution in [0.4, 0.5) is 0 Å². The van der Waals surface area contributed by atoms with Gasteiger partial charge in [0.05, 0.1) is 17.8 Å². The Bertz CT molecular complexity index is 1300. The van der Waals surface area contributed by atoms with Gasteiger partial charge >= 0.3 is 0 Å². The lowest BCUT2D eigenvalue weighted by Crippen LogP contribution is -2.65. The second kappa shape index (κ2) is 15.5. The molecular weight excluding hydrogens is 544 g/mol. The van der Waals surface area contributed by atoms with E-state index in [2.05, 4.69) is 77.2 Å². The highest BCUT2D eigenvalue weighted by molar-refractivity contribution is 5.38. The van der Waals surface area contributed by atoms with Gasteiger partial charge in [0.25, 0.3) is 0 Å². The predicted octanol–water partition coefficient (Wildman–Crippen LogP) is 8.71. The fraction of sp³-hybridized carbons (Fsp3) is 0.500. The number of hydrogen-bond donors (Lipinski definition) is 4. The Labute approximate surface area is 267 Å². The third-order valence-electron chi connectivity index (χ3n) is 9.07. The number of aliphatic hydroxyl groups is 4. The van der Waals surface area contributed by atoms with Crippen LogP contribution < -0.4 is 0 Å². The van der Waals surface area contributed by atoms with Crippen molar-refractivity contribution in [1.82, 2.24) is 0 Å². The largest absolute Gasteiger partial charge is 0.393 e. The first-order valence-electron chi connectivity index (χ1n) is 15.9. The molecule has 0 aromatic heterocycles. The second-order valence-corrected chi connectivity index (χ2v) is 14.5. The Hall–Kier alpha value is -2.76. The molecular formula is C40H58O4. The van der Waals surface area contributed by atoms with Gasteiger partial charge in [0, 0.05) is 11.8 Å². The molecule has 0 amide bonds. The fourth-order valence-electron chi connectivity index (χ4n) is 6.55. The minimum Gasteiger partial charge on any atom is -0.393 e. The molecule has 0 heterocycles. The van der Waals surface area contributed by atoms with E-state index in [-0.39, 0.29) is 17.9 Å². The maximum atomic E-state index is 11.4. The number of allylic oxidation sites excluding steroid dienone is 18. The van der Waals surface area contributed by atoms with Gasteiger partial charge in [-0.3, -0.25) is 0 Å². The minimum atomic E-state index is -1.44. The molecule has 2 rings (SSSR count). The number of aliphatic hydroxyl groups excluding tert-OH is 2. The van der Waals surface area contributed by atoms with Gasteiger partial charge in [0.2, 0.25) is 0 Å². The molecule has 0 aliphatic heterocycles. The summed E-state index contributed by atoms with van der Waals surface area (Å²) in [6.07, 6.45) is 29.6. The average molecular weight is 603 g/mol. The Kier molecular flexibility index (Phi) is 13.2. The zero-order valence-corrected chi connectivity index (χ0v) is 28.9. The van der Waals surface area contributed by atoms with Crippen LogP contribution in [0.2, 0.25) is 0 Å². The van der Waals surface area contributed by atoms with Crippen molar-refractivity contribution in [2.75, 3.05) is 0 Å². The molecule has 4 N–H and O–H groups in total. The molecule has 0 saturated heterocycles. The molecule has 4 nitrogen and oxygen atoms in total. The molecule has 0 radical (unpaired) electrons. The topological polar surface area (TPSA) is 80.9 Å². The van der Waals surface area contributed by atoms with Gasteiger partial charge in [-0.1, -0.05) is 135 Å². The van der Waals surface area contributed by atoms with Crippen molar-refractivity contribution in [3.05, 3.63) is 119 Å². The second-order valence-electron chi connectivity index (χ2n) is 14.5. The fourth-order valence-corrected chi connectivity index (χ4v) is 6.55.